The van der Waals surface area contributed by atoms with Gasteiger partial charge in [-0.05, 0) is 31.4 Å². The Labute approximate surface area is 98.3 Å². The normalized spacial score (nSPS) is 10.2. The summed E-state index contributed by atoms with van der Waals surface area (Å²) in [6, 6.07) is 6.48. The van der Waals surface area contributed by atoms with Gasteiger partial charge in [0.25, 0.3) is 0 Å². The summed E-state index contributed by atoms with van der Waals surface area (Å²) in [7, 11) is 1.87. The topological polar surface area (TPSA) is 20.3 Å². The zero-order chi connectivity index (χ0) is 12.1. The first-order chi connectivity index (χ1) is 7.54. The predicted molar refractivity (Wildman–Crippen MR) is 67.5 cm³/mol. The molecule has 88 valence electrons. The molecule has 0 aliphatic carbocycles. The van der Waals surface area contributed by atoms with E-state index in [9.17, 15) is 4.79 Å². The summed E-state index contributed by atoms with van der Waals surface area (Å²) >= 11 is 0. The number of nitrogens with zero attached hydrogens (tertiary/aromatic N) is 1. The minimum atomic E-state index is 0.213. The lowest BCUT2D eigenvalue weighted by molar-refractivity contribution is -0.129. The van der Waals surface area contributed by atoms with E-state index in [4.69, 9.17) is 0 Å². The molecule has 1 aromatic carbocycles. The molecule has 2 nitrogen and oxygen atoms in total. The van der Waals surface area contributed by atoms with E-state index in [-0.39, 0.29) is 5.91 Å². The zero-order valence-corrected chi connectivity index (χ0v) is 10.7. The maximum absolute atomic E-state index is 11.4. The average Bonchev–Trinajstić information content (AvgIpc) is 2.26. The summed E-state index contributed by atoms with van der Waals surface area (Å²) in [4.78, 5) is 13.2. The molecule has 0 aliphatic rings. The van der Waals surface area contributed by atoms with Gasteiger partial charge in [0.1, 0.15) is 0 Å². The second-order valence-electron chi connectivity index (χ2n) is 4.35. The molecule has 2 heteroatoms. The van der Waals surface area contributed by atoms with Crippen LogP contribution >= 0.6 is 0 Å². The molecular formula is C14H21NO. The fraction of sp³-hybridized carbons (Fsp3) is 0.500. The number of amides is 1. The number of carbonyl (C=O) groups is 1. The molecule has 0 N–H and O–H groups in total. The molecule has 0 saturated carbocycles. The van der Waals surface area contributed by atoms with Crippen molar-refractivity contribution >= 4 is 5.91 Å². The van der Waals surface area contributed by atoms with Gasteiger partial charge in [-0.2, -0.15) is 0 Å². The van der Waals surface area contributed by atoms with E-state index in [2.05, 4.69) is 32.0 Å². The minimum absolute atomic E-state index is 0.213. The Morgan fingerprint density at radius 3 is 2.56 bits per heavy atom. The van der Waals surface area contributed by atoms with Crippen LogP contribution in [0.5, 0.6) is 0 Å². The molecule has 0 atom stereocenters. The fourth-order valence-corrected chi connectivity index (χ4v) is 1.81. The Bertz CT molecular complexity index is 371. The van der Waals surface area contributed by atoms with Crippen LogP contribution in [0.4, 0.5) is 0 Å². The Morgan fingerprint density at radius 1 is 1.31 bits per heavy atom. The Kier molecular flexibility index (Phi) is 4.53. The smallest absolute Gasteiger partial charge is 0.222 e. The van der Waals surface area contributed by atoms with Gasteiger partial charge in [-0.25, -0.2) is 0 Å². The summed E-state index contributed by atoms with van der Waals surface area (Å²) in [6.07, 6.45) is 1.53. The van der Waals surface area contributed by atoms with E-state index in [0.717, 1.165) is 13.0 Å². The van der Waals surface area contributed by atoms with Crippen LogP contribution in [0.1, 0.15) is 30.0 Å². The number of hydrogen-bond acceptors (Lipinski definition) is 1. The molecule has 0 aliphatic heterocycles. The van der Waals surface area contributed by atoms with Gasteiger partial charge in [-0.1, -0.05) is 30.7 Å². The first kappa shape index (κ1) is 12.8. The maximum Gasteiger partial charge on any atom is 0.222 e. The van der Waals surface area contributed by atoms with E-state index < -0.39 is 0 Å². The third-order valence-electron chi connectivity index (χ3n) is 2.94. The van der Waals surface area contributed by atoms with Crippen molar-refractivity contribution in [3.63, 3.8) is 0 Å². The van der Waals surface area contributed by atoms with Gasteiger partial charge in [0, 0.05) is 20.0 Å². The van der Waals surface area contributed by atoms with Crippen LogP contribution in [0.3, 0.4) is 0 Å². The molecule has 0 unspecified atom stereocenters. The van der Waals surface area contributed by atoms with Gasteiger partial charge in [0.2, 0.25) is 5.91 Å². The van der Waals surface area contributed by atoms with Crippen molar-refractivity contribution < 1.29 is 4.79 Å². The van der Waals surface area contributed by atoms with Crippen molar-refractivity contribution in [3.05, 3.63) is 34.9 Å². The lowest BCUT2D eigenvalue weighted by atomic mass is 10.0. The molecule has 0 spiro atoms. The first-order valence-electron chi connectivity index (χ1n) is 5.84. The van der Waals surface area contributed by atoms with Crippen LogP contribution in [0.15, 0.2) is 18.2 Å². The zero-order valence-electron chi connectivity index (χ0n) is 10.7. The summed E-state index contributed by atoms with van der Waals surface area (Å²) in [5.41, 5.74) is 3.94. The third-order valence-corrected chi connectivity index (χ3v) is 2.94. The van der Waals surface area contributed by atoms with Crippen molar-refractivity contribution in [1.29, 1.82) is 0 Å². The average molecular weight is 219 g/mol. The molecular weight excluding hydrogens is 198 g/mol. The highest BCUT2D eigenvalue weighted by Gasteiger charge is 2.06. The predicted octanol–water partition coefficient (Wildman–Crippen LogP) is 2.71. The molecule has 1 rings (SSSR count). The Balaban J connectivity index is 2.58. The Hall–Kier alpha value is -1.31. The van der Waals surface area contributed by atoms with Crippen molar-refractivity contribution in [2.24, 2.45) is 0 Å². The highest BCUT2D eigenvalue weighted by Crippen LogP contribution is 2.11. The summed E-state index contributed by atoms with van der Waals surface area (Å²) in [5, 5.41) is 0. The molecule has 0 fully saturated rings. The molecule has 0 heterocycles. The monoisotopic (exact) mass is 219 g/mol. The molecule has 0 radical (unpaired) electrons. The van der Waals surface area contributed by atoms with Crippen molar-refractivity contribution in [3.8, 4) is 0 Å². The SMILES string of the molecule is CCC(=O)N(C)CCc1ccc(C)cc1C. The minimum Gasteiger partial charge on any atom is -0.345 e. The third kappa shape index (κ3) is 3.37. The van der Waals surface area contributed by atoms with Gasteiger partial charge in [0.15, 0.2) is 0 Å². The molecule has 0 aromatic heterocycles. The van der Waals surface area contributed by atoms with E-state index >= 15 is 0 Å². The quantitative estimate of drug-likeness (QED) is 0.762. The first-order valence-corrected chi connectivity index (χ1v) is 5.84. The number of benzene rings is 1. The number of hydrogen-bond donors (Lipinski definition) is 0. The van der Waals surface area contributed by atoms with Gasteiger partial charge in [0.05, 0.1) is 0 Å². The number of carbonyl (C=O) groups excluding carboxylic acids is 1. The van der Waals surface area contributed by atoms with Crippen LogP contribution in [0, 0.1) is 13.8 Å². The Morgan fingerprint density at radius 2 is 2.00 bits per heavy atom. The van der Waals surface area contributed by atoms with E-state index in [1.54, 1.807) is 4.90 Å². The van der Waals surface area contributed by atoms with Crippen molar-refractivity contribution in [2.75, 3.05) is 13.6 Å². The maximum atomic E-state index is 11.4. The lowest BCUT2D eigenvalue weighted by Crippen LogP contribution is -2.28. The highest BCUT2D eigenvalue weighted by molar-refractivity contribution is 5.75. The van der Waals surface area contributed by atoms with Crippen molar-refractivity contribution in [1.82, 2.24) is 4.90 Å². The fourth-order valence-electron chi connectivity index (χ4n) is 1.81. The van der Waals surface area contributed by atoms with Gasteiger partial charge in [-0.3, -0.25) is 4.79 Å². The second-order valence-corrected chi connectivity index (χ2v) is 4.35. The van der Waals surface area contributed by atoms with Gasteiger partial charge >= 0.3 is 0 Å². The summed E-state index contributed by atoms with van der Waals surface area (Å²) in [6.45, 7) is 6.93. The largest absolute Gasteiger partial charge is 0.345 e. The molecule has 1 aromatic rings. The molecule has 0 saturated heterocycles. The standard InChI is InChI=1S/C14H21NO/c1-5-14(16)15(4)9-8-13-7-6-11(2)10-12(13)3/h6-7,10H,5,8-9H2,1-4H3. The van der Waals surface area contributed by atoms with Crippen LogP contribution in [-0.4, -0.2) is 24.4 Å². The van der Waals surface area contributed by atoms with Crippen molar-refractivity contribution in [2.45, 2.75) is 33.6 Å². The van der Waals surface area contributed by atoms with E-state index in [1.165, 1.54) is 16.7 Å². The van der Waals surface area contributed by atoms with E-state index in [0.29, 0.717) is 6.42 Å². The lowest BCUT2D eigenvalue weighted by Gasteiger charge is -2.17. The number of aryl methyl sites for hydroxylation is 2. The van der Waals surface area contributed by atoms with Gasteiger partial charge in [-0.15, -0.1) is 0 Å². The molecule has 16 heavy (non-hydrogen) atoms. The molecule has 0 bridgehead atoms. The molecule has 1 amide bonds. The highest BCUT2D eigenvalue weighted by atomic mass is 16.2. The van der Waals surface area contributed by atoms with Crippen LogP contribution in [-0.2, 0) is 11.2 Å². The summed E-state index contributed by atoms with van der Waals surface area (Å²) in [5.74, 6) is 0.213. The van der Waals surface area contributed by atoms with Crippen LogP contribution in [0.25, 0.3) is 0 Å². The van der Waals surface area contributed by atoms with E-state index in [1.807, 2.05) is 14.0 Å². The number of rotatable bonds is 4. The summed E-state index contributed by atoms with van der Waals surface area (Å²) < 4.78 is 0. The second kappa shape index (κ2) is 5.69. The van der Waals surface area contributed by atoms with Crippen LogP contribution < -0.4 is 0 Å². The van der Waals surface area contributed by atoms with Crippen LogP contribution in [0.2, 0.25) is 0 Å². The number of likely N-dealkylation sites (N-methyl/N-ethyl adjacent to an activating group) is 1. The van der Waals surface area contributed by atoms with Gasteiger partial charge < -0.3 is 4.90 Å².